The topological polar surface area (TPSA) is 50.3 Å². The van der Waals surface area contributed by atoms with E-state index in [2.05, 4.69) is 4.98 Å². The van der Waals surface area contributed by atoms with Crippen LogP contribution < -0.4 is 4.90 Å². The minimum absolute atomic E-state index is 0.263. The molecule has 0 saturated carbocycles. The number of rotatable bonds is 2. The number of Topliss-reactive ketones (excluding diaryl/α,β-unsaturated/α-hetero) is 1. The fourth-order valence-corrected chi connectivity index (χ4v) is 2.37. The molecule has 0 unspecified atom stereocenters. The summed E-state index contributed by atoms with van der Waals surface area (Å²) in [6.45, 7) is 0.263. The number of fused-ring (bicyclic) bond motifs is 1. The minimum Gasteiger partial charge on any atom is -0.299 e. The molecule has 5 heteroatoms. The van der Waals surface area contributed by atoms with E-state index in [1.165, 1.54) is 4.90 Å². The molecule has 19 heavy (non-hydrogen) atoms. The van der Waals surface area contributed by atoms with Crippen molar-refractivity contribution in [3.05, 3.63) is 58.9 Å². The average molecular weight is 273 g/mol. The third-order valence-corrected chi connectivity index (χ3v) is 3.31. The van der Waals surface area contributed by atoms with Crippen molar-refractivity contribution < 1.29 is 9.59 Å². The lowest BCUT2D eigenvalue weighted by Gasteiger charge is -2.15. The number of amides is 1. The first-order chi connectivity index (χ1) is 9.18. The standard InChI is InChI=1S/C14H9ClN2O2/c15-10-5-3-6-11-12(10)13(18)14(19)17(11)8-9-4-1-2-7-16-9/h1-7H,8H2. The molecule has 0 saturated heterocycles. The first-order valence-corrected chi connectivity index (χ1v) is 6.11. The molecule has 0 spiro atoms. The van der Waals surface area contributed by atoms with Gasteiger partial charge in [-0.25, -0.2) is 0 Å². The first-order valence-electron chi connectivity index (χ1n) is 5.73. The summed E-state index contributed by atoms with van der Waals surface area (Å²) in [5.41, 5.74) is 1.55. The summed E-state index contributed by atoms with van der Waals surface area (Å²) < 4.78 is 0. The van der Waals surface area contributed by atoms with Crippen molar-refractivity contribution in [2.24, 2.45) is 0 Å². The monoisotopic (exact) mass is 272 g/mol. The van der Waals surface area contributed by atoms with Crippen molar-refractivity contribution in [3.63, 3.8) is 0 Å². The highest BCUT2D eigenvalue weighted by Crippen LogP contribution is 2.34. The van der Waals surface area contributed by atoms with Gasteiger partial charge < -0.3 is 0 Å². The van der Waals surface area contributed by atoms with E-state index < -0.39 is 11.7 Å². The van der Waals surface area contributed by atoms with Gasteiger partial charge in [0.1, 0.15) is 0 Å². The van der Waals surface area contributed by atoms with E-state index in [1.807, 2.05) is 6.07 Å². The van der Waals surface area contributed by atoms with E-state index in [1.54, 1.807) is 36.5 Å². The molecule has 1 amide bonds. The Kier molecular flexibility index (Phi) is 2.80. The zero-order chi connectivity index (χ0) is 13.4. The van der Waals surface area contributed by atoms with E-state index in [9.17, 15) is 9.59 Å². The Labute approximate surface area is 114 Å². The Hall–Kier alpha value is -2.20. The Morgan fingerprint density at radius 3 is 2.68 bits per heavy atom. The largest absolute Gasteiger partial charge is 0.299 e. The van der Waals surface area contributed by atoms with Gasteiger partial charge in [0.15, 0.2) is 0 Å². The molecule has 0 N–H and O–H groups in total. The zero-order valence-corrected chi connectivity index (χ0v) is 10.6. The zero-order valence-electron chi connectivity index (χ0n) is 9.84. The van der Waals surface area contributed by atoms with Gasteiger partial charge in [-0.15, -0.1) is 0 Å². The number of nitrogens with zero attached hydrogens (tertiary/aromatic N) is 2. The molecule has 1 aromatic carbocycles. The van der Waals surface area contributed by atoms with Crippen LogP contribution in [0.1, 0.15) is 16.1 Å². The molecular formula is C14H9ClN2O2. The van der Waals surface area contributed by atoms with Crippen LogP contribution in [-0.2, 0) is 11.3 Å². The summed E-state index contributed by atoms with van der Waals surface area (Å²) in [6, 6.07) is 10.5. The molecule has 0 aliphatic carbocycles. The molecule has 1 aliphatic heterocycles. The number of hydrogen-bond acceptors (Lipinski definition) is 3. The summed E-state index contributed by atoms with van der Waals surface area (Å²) in [5, 5.41) is 0.305. The van der Waals surface area contributed by atoms with Crippen LogP contribution in [0.3, 0.4) is 0 Å². The second kappa shape index (κ2) is 4.48. The third kappa shape index (κ3) is 1.90. The van der Waals surface area contributed by atoms with Gasteiger partial charge in [-0.3, -0.25) is 19.5 Å². The highest BCUT2D eigenvalue weighted by molar-refractivity contribution is 6.55. The van der Waals surface area contributed by atoms with Gasteiger partial charge in [-0.05, 0) is 24.3 Å². The minimum atomic E-state index is -0.561. The van der Waals surface area contributed by atoms with Crippen LogP contribution in [0, 0.1) is 0 Å². The number of carbonyl (C=O) groups excluding carboxylic acids is 2. The maximum Gasteiger partial charge on any atom is 0.299 e. The van der Waals surface area contributed by atoms with Gasteiger partial charge in [0.25, 0.3) is 11.7 Å². The Morgan fingerprint density at radius 2 is 1.95 bits per heavy atom. The van der Waals surface area contributed by atoms with Crippen LogP contribution in [0.2, 0.25) is 5.02 Å². The highest BCUT2D eigenvalue weighted by Gasteiger charge is 2.37. The van der Waals surface area contributed by atoms with Crippen molar-refractivity contribution >= 4 is 29.0 Å². The van der Waals surface area contributed by atoms with Crippen LogP contribution in [0.4, 0.5) is 5.69 Å². The second-order valence-corrected chi connectivity index (χ2v) is 4.58. The molecule has 1 aliphatic rings. The van der Waals surface area contributed by atoms with E-state index in [-0.39, 0.29) is 12.1 Å². The SMILES string of the molecule is O=C1C(=O)N(Cc2ccccn2)c2cccc(Cl)c21. The fraction of sp³-hybridized carbons (Fsp3) is 0.0714. The van der Waals surface area contributed by atoms with Gasteiger partial charge in [-0.1, -0.05) is 23.7 Å². The summed E-state index contributed by atoms with van der Waals surface area (Å²) in [6.07, 6.45) is 1.65. The van der Waals surface area contributed by atoms with Crippen molar-refractivity contribution in [1.82, 2.24) is 4.98 Å². The molecule has 1 aromatic heterocycles. The van der Waals surface area contributed by atoms with Crippen molar-refractivity contribution in [2.45, 2.75) is 6.54 Å². The second-order valence-electron chi connectivity index (χ2n) is 4.18. The molecule has 0 radical (unpaired) electrons. The number of benzene rings is 1. The molecule has 94 valence electrons. The molecule has 0 bridgehead atoms. The van der Waals surface area contributed by atoms with E-state index in [0.717, 1.165) is 5.69 Å². The van der Waals surface area contributed by atoms with Crippen LogP contribution >= 0.6 is 11.6 Å². The van der Waals surface area contributed by atoms with E-state index in [4.69, 9.17) is 11.6 Å². The van der Waals surface area contributed by atoms with Crippen LogP contribution in [0.25, 0.3) is 0 Å². The molecule has 3 rings (SSSR count). The Bertz CT molecular complexity index is 670. The lowest BCUT2D eigenvalue weighted by atomic mass is 10.1. The summed E-state index contributed by atoms with van der Waals surface area (Å²) in [7, 11) is 0. The summed E-state index contributed by atoms with van der Waals surface area (Å²) in [4.78, 5) is 29.5. The van der Waals surface area contributed by atoms with Gasteiger partial charge in [-0.2, -0.15) is 0 Å². The van der Waals surface area contributed by atoms with E-state index >= 15 is 0 Å². The number of ketones is 1. The number of halogens is 1. The average Bonchev–Trinajstić information content (AvgIpc) is 2.66. The summed E-state index contributed by atoms with van der Waals surface area (Å²) in [5.74, 6) is -1.12. The molecule has 0 atom stereocenters. The van der Waals surface area contributed by atoms with Crippen molar-refractivity contribution in [3.8, 4) is 0 Å². The van der Waals surface area contributed by atoms with Crippen molar-refractivity contribution in [2.75, 3.05) is 4.90 Å². The number of anilines is 1. The van der Waals surface area contributed by atoms with E-state index in [0.29, 0.717) is 10.7 Å². The van der Waals surface area contributed by atoms with Gasteiger partial charge in [0.05, 0.1) is 28.5 Å². The molecular weight excluding hydrogens is 264 g/mol. The van der Waals surface area contributed by atoms with Crippen molar-refractivity contribution in [1.29, 1.82) is 0 Å². The van der Waals surface area contributed by atoms with Gasteiger partial charge >= 0.3 is 0 Å². The smallest absolute Gasteiger partial charge is 0.299 e. The number of hydrogen-bond donors (Lipinski definition) is 0. The molecule has 2 aromatic rings. The summed E-state index contributed by atoms with van der Waals surface area (Å²) >= 11 is 5.98. The van der Waals surface area contributed by atoms with Crippen LogP contribution in [0.15, 0.2) is 42.6 Å². The third-order valence-electron chi connectivity index (χ3n) is 3.00. The van der Waals surface area contributed by atoms with Gasteiger partial charge in [0, 0.05) is 6.20 Å². The predicted octanol–water partition coefficient (Wildman–Crippen LogP) is 2.46. The lowest BCUT2D eigenvalue weighted by Crippen LogP contribution is -2.29. The number of aromatic nitrogens is 1. The van der Waals surface area contributed by atoms with Gasteiger partial charge in [0.2, 0.25) is 0 Å². The predicted molar refractivity (Wildman–Crippen MR) is 71.2 cm³/mol. The maximum absolute atomic E-state index is 12.0. The fourth-order valence-electron chi connectivity index (χ4n) is 2.11. The number of pyridine rings is 1. The van der Waals surface area contributed by atoms with Crippen LogP contribution in [0.5, 0.6) is 0 Å². The maximum atomic E-state index is 12.0. The number of carbonyl (C=O) groups is 2. The Balaban J connectivity index is 2.03. The lowest BCUT2D eigenvalue weighted by molar-refractivity contribution is -0.114. The highest BCUT2D eigenvalue weighted by atomic mass is 35.5. The molecule has 2 heterocycles. The van der Waals surface area contributed by atoms with Crippen LogP contribution in [-0.4, -0.2) is 16.7 Å². The normalized spacial score (nSPS) is 13.8. The first kappa shape index (κ1) is 11.9. The Morgan fingerprint density at radius 1 is 1.11 bits per heavy atom. The molecule has 4 nitrogen and oxygen atoms in total. The quantitative estimate of drug-likeness (QED) is 0.789. The molecule has 0 fully saturated rings.